The third-order valence-electron chi connectivity index (χ3n) is 1.92. The summed E-state index contributed by atoms with van der Waals surface area (Å²) in [5.74, 6) is -0.923. The highest BCUT2D eigenvalue weighted by atomic mass is 16.6. The molecule has 1 heterocycles. The highest BCUT2D eigenvalue weighted by Crippen LogP contribution is 2.13. The first-order chi connectivity index (χ1) is 7.54. The van der Waals surface area contributed by atoms with Crippen LogP contribution in [-0.2, 0) is 23.8 Å². The molecule has 1 aliphatic rings. The van der Waals surface area contributed by atoms with Crippen molar-refractivity contribution in [2.45, 2.75) is 20.0 Å². The zero-order valence-corrected chi connectivity index (χ0v) is 9.32. The number of allylic oxidation sites excluding steroid dienone is 1. The Balaban J connectivity index is 2.57. The van der Waals surface area contributed by atoms with Crippen LogP contribution in [0.4, 0.5) is 0 Å². The molecule has 1 rings (SSSR count). The molecule has 0 aliphatic carbocycles. The second kappa shape index (κ2) is 5.46. The number of ether oxygens (including phenoxy) is 3. The van der Waals surface area contributed by atoms with Crippen molar-refractivity contribution in [2.75, 3.05) is 13.2 Å². The van der Waals surface area contributed by atoms with Crippen LogP contribution in [0, 0.1) is 0 Å². The summed E-state index contributed by atoms with van der Waals surface area (Å²) in [7, 11) is 0. The number of esters is 2. The van der Waals surface area contributed by atoms with Gasteiger partial charge in [-0.2, -0.15) is 0 Å². The Kier molecular flexibility index (Phi) is 4.25. The first kappa shape index (κ1) is 12.4. The number of rotatable bonds is 5. The van der Waals surface area contributed by atoms with Gasteiger partial charge in [0, 0.05) is 6.92 Å². The summed E-state index contributed by atoms with van der Waals surface area (Å²) in [5, 5.41) is 0. The molecular weight excluding hydrogens is 212 g/mol. The van der Waals surface area contributed by atoms with Crippen LogP contribution in [0.3, 0.4) is 0 Å². The van der Waals surface area contributed by atoms with Crippen LogP contribution < -0.4 is 0 Å². The smallest absolute Gasteiger partial charge is 0.337 e. The lowest BCUT2D eigenvalue weighted by Gasteiger charge is -2.07. The zero-order valence-electron chi connectivity index (χ0n) is 9.32. The van der Waals surface area contributed by atoms with E-state index < -0.39 is 11.9 Å². The fourth-order valence-electron chi connectivity index (χ4n) is 0.968. The summed E-state index contributed by atoms with van der Waals surface area (Å²) in [6.45, 7) is 7.06. The van der Waals surface area contributed by atoms with E-state index in [0.717, 1.165) is 0 Å². The van der Waals surface area contributed by atoms with Gasteiger partial charge in [-0.25, -0.2) is 4.79 Å². The maximum absolute atomic E-state index is 11.5. The minimum Gasteiger partial charge on any atom is -0.459 e. The Morgan fingerprint density at radius 1 is 1.50 bits per heavy atom. The molecule has 5 heteroatoms. The first-order valence-electron chi connectivity index (χ1n) is 4.85. The van der Waals surface area contributed by atoms with Crippen LogP contribution in [0.15, 0.2) is 24.0 Å². The molecule has 0 bridgehead atoms. The Bertz CT molecular complexity index is 338. The number of hydrogen-bond donors (Lipinski definition) is 0. The molecule has 0 aromatic rings. The van der Waals surface area contributed by atoms with Gasteiger partial charge < -0.3 is 14.2 Å². The second-order valence-corrected chi connectivity index (χ2v) is 3.34. The van der Waals surface area contributed by atoms with Crippen molar-refractivity contribution in [3.05, 3.63) is 24.0 Å². The number of carbonyl (C=O) groups is 2. The molecule has 88 valence electrons. The molecule has 0 N–H and O–H groups in total. The highest BCUT2D eigenvalue weighted by Gasteiger charge is 2.25. The molecule has 1 atom stereocenters. The van der Waals surface area contributed by atoms with Gasteiger partial charge >= 0.3 is 11.9 Å². The maximum atomic E-state index is 11.5. The van der Waals surface area contributed by atoms with Gasteiger partial charge in [0.15, 0.2) is 0 Å². The molecule has 1 fully saturated rings. The van der Waals surface area contributed by atoms with E-state index in [4.69, 9.17) is 14.2 Å². The standard InChI is InChI=1S/C11H14O5/c1-4-10(16-8(3)12)7(2)11(13)15-6-9-5-14-9/h4,9H,1,5-6H2,2-3H3. The number of epoxide rings is 1. The van der Waals surface area contributed by atoms with Gasteiger partial charge in [0.2, 0.25) is 0 Å². The molecule has 1 unspecified atom stereocenters. The average Bonchev–Trinajstić information content (AvgIpc) is 3.05. The third-order valence-corrected chi connectivity index (χ3v) is 1.92. The fraction of sp³-hybridized carbons (Fsp3) is 0.455. The number of carbonyl (C=O) groups excluding carboxylic acids is 2. The summed E-state index contributed by atoms with van der Waals surface area (Å²) in [6.07, 6.45) is 1.31. The highest BCUT2D eigenvalue weighted by molar-refractivity contribution is 5.89. The van der Waals surface area contributed by atoms with E-state index in [-0.39, 0.29) is 24.0 Å². The van der Waals surface area contributed by atoms with Gasteiger partial charge in [-0.3, -0.25) is 4.79 Å². The molecule has 0 saturated carbocycles. The molecule has 0 aromatic carbocycles. The summed E-state index contributed by atoms with van der Waals surface area (Å²) in [4.78, 5) is 22.2. The molecule has 1 aliphatic heterocycles. The Hall–Kier alpha value is -1.62. The van der Waals surface area contributed by atoms with Crippen molar-refractivity contribution in [3.63, 3.8) is 0 Å². The van der Waals surface area contributed by atoms with E-state index in [1.165, 1.54) is 19.9 Å². The molecule has 16 heavy (non-hydrogen) atoms. The minimum atomic E-state index is -0.536. The zero-order chi connectivity index (χ0) is 12.1. The van der Waals surface area contributed by atoms with E-state index >= 15 is 0 Å². The van der Waals surface area contributed by atoms with Gasteiger partial charge in [-0.05, 0) is 13.0 Å². The Morgan fingerprint density at radius 2 is 2.12 bits per heavy atom. The molecule has 0 amide bonds. The van der Waals surface area contributed by atoms with Crippen molar-refractivity contribution in [2.24, 2.45) is 0 Å². The summed E-state index contributed by atoms with van der Waals surface area (Å²) >= 11 is 0. The molecule has 5 nitrogen and oxygen atoms in total. The molecule has 0 radical (unpaired) electrons. The predicted octanol–water partition coefficient (Wildman–Crippen LogP) is 0.951. The van der Waals surface area contributed by atoms with Crippen LogP contribution in [0.5, 0.6) is 0 Å². The van der Waals surface area contributed by atoms with Gasteiger partial charge in [0.25, 0.3) is 0 Å². The average molecular weight is 226 g/mol. The van der Waals surface area contributed by atoms with Crippen LogP contribution >= 0.6 is 0 Å². The Morgan fingerprint density at radius 3 is 2.56 bits per heavy atom. The SMILES string of the molecule is C=CC(OC(C)=O)=C(C)C(=O)OCC1CO1. The monoisotopic (exact) mass is 226 g/mol. The third kappa shape index (κ3) is 3.86. The van der Waals surface area contributed by atoms with E-state index in [0.29, 0.717) is 6.61 Å². The summed E-state index contributed by atoms with van der Waals surface area (Å²) < 4.78 is 14.6. The van der Waals surface area contributed by atoms with Crippen molar-refractivity contribution >= 4 is 11.9 Å². The Labute approximate surface area is 93.7 Å². The lowest BCUT2D eigenvalue weighted by Crippen LogP contribution is -2.13. The largest absolute Gasteiger partial charge is 0.459 e. The predicted molar refractivity (Wildman–Crippen MR) is 55.4 cm³/mol. The van der Waals surface area contributed by atoms with E-state index in [9.17, 15) is 9.59 Å². The summed E-state index contributed by atoms with van der Waals surface area (Å²) in [5.41, 5.74) is 0.214. The topological polar surface area (TPSA) is 65.1 Å². The van der Waals surface area contributed by atoms with E-state index in [1.807, 2.05) is 0 Å². The van der Waals surface area contributed by atoms with Crippen molar-refractivity contribution in [1.82, 2.24) is 0 Å². The summed E-state index contributed by atoms with van der Waals surface area (Å²) in [6, 6.07) is 0. The van der Waals surface area contributed by atoms with Crippen LogP contribution in [0.25, 0.3) is 0 Å². The molecular formula is C11H14O5. The van der Waals surface area contributed by atoms with Crippen molar-refractivity contribution in [3.8, 4) is 0 Å². The normalized spacial score (nSPS) is 19.5. The van der Waals surface area contributed by atoms with E-state index in [2.05, 4.69) is 6.58 Å². The molecule has 0 aromatic heterocycles. The second-order valence-electron chi connectivity index (χ2n) is 3.34. The van der Waals surface area contributed by atoms with E-state index in [1.54, 1.807) is 0 Å². The van der Waals surface area contributed by atoms with Crippen molar-refractivity contribution in [1.29, 1.82) is 0 Å². The lowest BCUT2D eigenvalue weighted by molar-refractivity contribution is -0.140. The van der Waals surface area contributed by atoms with Gasteiger partial charge in [0.1, 0.15) is 18.5 Å². The van der Waals surface area contributed by atoms with Crippen LogP contribution in [-0.4, -0.2) is 31.3 Å². The van der Waals surface area contributed by atoms with Gasteiger partial charge in [-0.15, -0.1) is 0 Å². The quantitative estimate of drug-likeness (QED) is 0.229. The van der Waals surface area contributed by atoms with Gasteiger partial charge in [0.05, 0.1) is 12.2 Å². The maximum Gasteiger partial charge on any atom is 0.337 e. The fourth-order valence-corrected chi connectivity index (χ4v) is 0.968. The lowest BCUT2D eigenvalue weighted by atomic mass is 10.2. The first-order valence-corrected chi connectivity index (χ1v) is 4.85. The molecule has 1 saturated heterocycles. The number of hydrogen-bond acceptors (Lipinski definition) is 5. The van der Waals surface area contributed by atoms with Crippen LogP contribution in [0.1, 0.15) is 13.8 Å². The van der Waals surface area contributed by atoms with Crippen molar-refractivity contribution < 1.29 is 23.8 Å². The minimum absolute atomic E-state index is 0.0117. The van der Waals surface area contributed by atoms with Gasteiger partial charge in [-0.1, -0.05) is 6.58 Å². The van der Waals surface area contributed by atoms with Crippen LogP contribution in [0.2, 0.25) is 0 Å². The molecule has 0 spiro atoms.